The van der Waals surface area contributed by atoms with Crippen LogP contribution in [0.2, 0.25) is 0 Å². The lowest BCUT2D eigenvalue weighted by Crippen LogP contribution is -2.37. The van der Waals surface area contributed by atoms with Crippen LogP contribution in [0.3, 0.4) is 0 Å². The van der Waals surface area contributed by atoms with Crippen molar-refractivity contribution in [2.45, 2.75) is 32.9 Å². The van der Waals surface area contributed by atoms with Gasteiger partial charge >= 0.3 is 0 Å². The molecule has 0 bridgehead atoms. The maximum Gasteiger partial charge on any atom is 0.234 e. The predicted octanol–water partition coefficient (Wildman–Crippen LogP) is 1.09. The number of nitrogens with zero attached hydrogens (tertiary/aromatic N) is 1. The molecule has 1 aromatic rings. The van der Waals surface area contributed by atoms with E-state index in [1.807, 2.05) is 6.07 Å². The molecule has 0 spiro atoms. The Bertz CT molecular complexity index is 365. The maximum atomic E-state index is 11.5. The van der Waals surface area contributed by atoms with E-state index < -0.39 is 0 Å². The molecule has 1 atom stereocenters. The van der Waals surface area contributed by atoms with Gasteiger partial charge < -0.3 is 15.4 Å². The van der Waals surface area contributed by atoms with Crippen LogP contribution in [0.25, 0.3) is 0 Å². The lowest BCUT2D eigenvalue weighted by molar-refractivity contribution is -0.120. The van der Waals surface area contributed by atoms with Crippen molar-refractivity contribution in [1.82, 2.24) is 15.6 Å². The van der Waals surface area contributed by atoms with E-state index in [0.29, 0.717) is 25.0 Å². The van der Waals surface area contributed by atoms with E-state index in [0.717, 1.165) is 12.0 Å². The van der Waals surface area contributed by atoms with Gasteiger partial charge in [0.15, 0.2) is 0 Å². The number of nitrogens with one attached hydrogen (secondary N) is 2. The third-order valence-electron chi connectivity index (χ3n) is 2.72. The van der Waals surface area contributed by atoms with Crippen LogP contribution < -0.4 is 15.4 Å². The number of pyridine rings is 1. The average molecular weight is 251 g/mol. The molecule has 1 unspecified atom stereocenters. The minimum atomic E-state index is -0.00822. The molecule has 0 saturated heterocycles. The van der Waals surface area contributed by atoms with Gasteiger partial charge in [-0.15, -0.1) is 0 Å². The van der Waals surface area contributed by atoms with Gasteiger partial charge in [0.05, 0.1) is 13.7 Å². The van der Waals surface area contributed by atoms with E-state index in [4.69, 9.17) is 4.74 Å². The molecule has 0 aliphatic carbocycles. The fraction of sp³-hybridized carbons (Fsp3) is 0.538. The van der Waals surface area contributed by atoms with Crippen LogP contribution in [0.1, 0.15) is 25.8 Å². The first-order valence-electron chi connectivity index (χ1n) is 6.14. The summed E-state index contributed by atoms with van der Waals surface area (Å²) in [5, 5.41) is 5.97. The number of carbonyl (C=O) groups excluding carboxylic acids is 1. The molecule has 1 heterocycles. The number of hydrogen-bond acceptors (Lipinski definition) is 4. The van der Waals surface area contributed by atoms with Crippen LogP contribution in [-0.2, 0) is 11.3 Å². The highest BCUT2D eigenvalue weighted by Gasteiger charge is 2.04. The van der Waals surface area contributed by atoms with Crippen LogP contribution in [0.5, 0.6) is 5.88 Å². The Balaban J connectivity index is 2.29. The average Bonchev–Trinajstić information content (AvgIpc) is 2.42. The number of aromatic nitrogens is 1. The molecule has 1 aromatic heterocycles. The molecule has 100 valence electrons. The number of carbonyl (C=O) groups is 1. The van der Waals surface area contributed by atoms with E-state index in [1.165, 1.54) is 0 Å². The van der Waals surface area contributed by atoms with Gasteiger partial charge in [0.25, 0.3) is 0 Å². The molecule has 0 radical (unpaired) electrons. The fourth-order valence-corrected chi connectivity index (χ4v) is 1.31. The first-order chi connectivity index (χ1) is 8.65. The Kier molecular flexibility index (Phi) is 6.14. The summed E-state index contributed by atoms with van der Waals surface area (Å²) in [7, 11) is 1.57. The monoisotopic (exact) mass is 251 g/mol. The van der Waals surface area contributed by atoms with Gasteiger partial charge in [0.2, 0.25) is 11.8 Å². The van der Waals surface area contributed by atoms with Gasteiger partial charge in [-0.1, -0.05) is 13.0 Å². The Morgan fingerprint density at radius 2 is 2.28 bits per heavy atom. The minimum Gasteiger partial charge on any atom is -0.481 e. The fourth-order valence-electron chi connectivity index (χ4n) is 1.31. The highest BCUT2D eigenvalue weighted by atomic mass is 16.5. The van der Waals surface area contributed by atoms with Crippen molar-refractivity contribution in [3.05, 3.63) is 23.9 Å². The van der Waals surface area contributed by atoms with Crippen molar-refractivity contribution in [1.29, 1.82) is 0 Å². The second-order valence-corrected chi connectivity index (χ2v) is 4.18. The molecule has 0 aromatic carbocycles. The normalized spacial score (nSPS) is 11.9. The summed E-state index contributed by atoms with van der Waals surface area (Å²) in [4.78, 5) is 15.6. The third kappa shape index (κ3) is 5.14. The van der Waals surface area contributed by atoms with Crippen LogP contribution in [0.15, 0.2) is 18.3 Å². The number of hydrogen-bond donors (Lipinski definition) is 2. The molecule has 2 N–H and O–H groups in total. The number of amides is 1. The van der Waals surface area contributed by atoms with Crippen molar-refractivity contribution < 1.29 is 9.53 Å². The van der Waals surface area contributed by atoms with Crippen LogP contribution in [0.4, 0.5) is 0 Å². The summed E-state index contributed by atoms with van der Waals surface area (Å²) < 4.78 is 4.96. The van der Waals surface area contributed by atoms with Crippen molar-refractivity contribution in [2.24, 2.45) is 0 Å². The number of methoxy groups -OCH3 is 1. The molecule has 5 nitrogen and oxygen atoms in total. The molecule has 1 rings (SSSR count). The van der Waals surface area contributed by atoms with Crippen molar-refractivity contribution >= 4 is 5.91 Å². The third-order valence-corrected chi connectivity index (χ3v) is 2.72. The summed E-state index contributed by atoms with van der Waals surface area (Å²) in [6, 6.07) is 4.02. The van der Waals surface area contributed by atoms with Gasteiger partial charge in [0, 0.05) is 24.8 Å². The van der Waals surface area contributed by atoms with E-state index >= 15 is 0 Å². The first kappa shape index (κ1) is 14.4. The van der Waals surface area contributed by atoms with Gasteiger partial charge in [0.1, 0.15) is 0 Å². The smallest absolute Gasteiger partial charge is 0.234 e. The lowest BCUT2D eigenvalue weighted by atomic mass is 10.2. The predicted molar refractivity (Wildman–Crippen MR) is 70.4 cm³/mol. The van der Waals surface area contributed by atoms with Crippen LogP contribution >= 0.6 is 0 Å². The SMILES string of the molecule is CCC(C)NCC(=O)NCc1ccc(OC)nc1. The van der Waals surface area contributed by atoms with E-state index in [2.05, 4.69) is 29.5 Å². The molecule has 18 heavy (non-hydrogen) atoms. The van der Waals surface area contributed by atoms with Crippen LogP contribution in [0, 0.1) is 0 Å². The zero-order chi connectivity index (χ0) is 13.4. The van der Waals surface area contributed by atoms with Crippen LogP contribution in [-0.4, -0.2) is 30.6 Å². The zero-order valence-electron chi connectivity index (χ0n) is 11.2. The Morgan fingerprint density at radius 1 is 1.50 bits per heavy atom. The summed E-state index contributed by atoms with van der Waals surface area (Å²) in [6.07, 6.45) is 2.71. The van der Waals surface area contributed by atoms with E-state index in [-0.39, 0.29) is 5.91 Å². The standard InChI is InChI=1S/C13H21N3O2/c1-4-10(2)14-9-12(17)15-7-11-5-6-13(18-3)16-8-11/h5-6,8,10,14H,4,7,9H2,1-3H3,(H,15,17). The minimum absolute atomic E-state index is 0.00822. The zero-order valence-corrected chi connectivity index (χ0v) is 11.2. The molecule has 0 fully saturated rings. The molecule has 0 aliphatic rings. The summed E-state index contributed by atoms with van der Waals surface area (Å²) in [5.74, 6) is 0.564. The highest BCUT2D eigenvalue weighted by molar-refractivity contribution is 5.77. The van der Waals surface area contributed by atoms with Crippen molar-refractivity contribution in [3.63, 3.8) is 0 Å². The largest absolute Gasteiger partial charge is 0.481 e. The van der Waals surface area contributed by atoms with Gasteiger partial charge in [-0.05, 0) is 18.9 Å². The quantitative estimate of drug-likeness (QED) is 0.761. The second kappa shape index (κ2) is 7.66. The number of rotatable bonds is 7. The van der Waals surface area contributed by atoms with Gasteiger partial charge in [-0.3, -0.25) is 4.79 Å². The van der Waals surface area contributed by atoms with Crippen molar-refractivity contribution in [3.8, 4) is 5.88 Å². The second-order valence-electron chi connectivity index (χ2n) is 4.18. The highest BCUT2D eigenvalue weighted by Crippen LogP contribution is 2.05. The Labute approximate surface area is 108 Å². The Morgan fingerprint density at radius 3 is 2.83 bits per heavy atom. The summed E-state index contributed by atoms with van der Waals surface area (Å²) >= 11 is 0. The lowest BCUT2D eigenvalue weighted by Gasteiger charge is -2.11. The topological polar surface area (TPSA) is 63.2 Å². The molecule has 0 aliphatic heterocycles. The van der Waals surface area contributed by atoms with E-state index in [9.17, 15) is 4.79 Å². The number of ether oxygens (including phenoxy) is 1. The van der Waals surface area contributed by atoms with E-state index in [1.54, 1.807) is 19.4 Å². The molecule has 1 amide bonds. The summed E-state index contributed by atoms with van der Waals surface area (Å²) in [6.45, 7) is 4.97. The Hall–Kier alpha value is -1.62. The molecule has 5 heteroatoms. The molecular weight excluding hydrogens is 230 g/mol. The maximum absolute atomic E-state index is 11.5. The molecular formula is C13H21N3O2. The first-order valence-corrected chi connectivity index (χ1v) is 6.14. The summed E-state index contributed by atoms with van der Waals surface area (Å²) in [5.41, 5.74) is 0.952. The van der Waals surface area contributed by atoms with Gasteiger partial charge in [-0.25, -0.2) is 4.98 Å². The molecule has 0 saturated carbocycles. The van der Waals surface area contributed by atoms with Crippen molar-refractivity contribution in [2.75, 3.05) is 13.7 Å². The van der Waals surface area contributed by atoms with Gasteiger partial charge in [-0.2, -0.15) is 0 Å².